The van der Waals surface area contributed by atoms with Crippen LogP contribution in [0.5, 0.6) is 0 Å². The van der Waals surface area contributed by atoms with Gasteiger partial charge in [-0.25, -0.2) is 0 Å². The van der Waals surface area contributed by atoms with Crippen molar-refractivity contribution in [2.75, 3.05) is 26.9 Å². The predicted octanol–water partition coefficient (Wildman–Crippen LogP) is 2.33. The number of hydrogen-bond donors (Lipinski definition) is 0. The molecule has 0 aromatic rings. The third kappa shape index (κ3) is 9.47. The predicted molar refractivity (Wildman–Crippen MR) is 71.7 cm³/mol. The molecule has 5 heteroatoms. The third-order valence-electron chi connectivity index (χ3n) is 2.88. The van der Waals surface area contributed by atoms with E-state index in [4.69, 9.17) is 9.47 Å². The van der Waals surface area contributed by atoms with Gasteiger partial charge in [-0.1, -0.05) is 26.7 Å². The highest BCUT2D eigenvalue weighted by Gasteiger charge is 2.16. The number of esters is 2. The zero-order valence-electron chi connectivity index (χ0n) is 12.3. The molecule has 0 rings (SSSR count). The van der Waals surface area contributed by atoms with E-state index in [2.05, 4.69) is 11.7 Å². The summed E-state index contributed by atoms with van der Waals surface area (Å²) in [5, 5.41) is 0. The van der Waals surface area contributed by atoms with Crippen LogP contribution in [0.2, 0.25) is 0 Å². The van der Waals surface area contributed by atoms with E-state index in [1.807, 2.05) is 6.92 Å². The number of ether oxygens (including phenoxy) is 3. The van der Waals surface area contributed by atoms with Gasteiger partial charge in [0.25, 0.3) is 0 Å². The molecule has 0 aliphatic heterocycles. The minimum atomic E-state index is -0.303. The van der Waals surface area contributed by atoms with Gasteiger partial charge in [-0.15, -0.1) is 0 Å². The van der Waals surface area contributed by atoms with E-state index in [0.29, 0.717) is 6.61 Å². The van der Waals surface area contributed by atoms with Gasteiger partial charge < -0.3 is 14.2 Å². The summed E-state index contributed by atoms with van der Waals surface area (Å²) >= 11 is 0. The fourth-order valence-corrected chi connectivity index (χ4v) is 1.62. The lowest BCUT2D eigenvalue weighted by Gasteiger charge is -2.13. The van der Waals surface area contributed by atoms with Crippen molar-refractivity contribution < 1.29 is 23.8 Å². The lowest BCUT2D eigenvalue weighted by Crippen LogP contribution is -2.19. The van der Waals surface area contributed by atoms with Gasteiger partial charge >= 0.3 is 11.9 Å². The van der Waals surface area contributed by atoms with Crippen LogP contribution in [-0.4, -0.2) is 38.9 Å². The zero-order valence-corrected chi connectivity index (χ0v) is 12.3. The van der Waals surface area contributed by atoms with Crippen molar-refractivity contribution in [3.8, 4) is 0 Å². The summed E-state index contributed by atoms with van der Waals surface area (Å²) in [4.78, 5) is 22.5. The molecular formula is C14H26O5. The van der Waals surface area contributed by atoms with Crippen LogP contribution >= 0.6 is 0 Å². The number of hydrogen-bond acceptors (Lipinski definition) is 5. The molecule has 0 amide bonds. The molecule has 1 atom stereocenters. The van der Waals surface area contributed by atoms with E-state index in [1.54, 1.807) is 0 Å². The molecule has 0 aliphatic carbocycles. The minimum Gasteiger partial charge on any atom is -0.469 e. The Morgan fingerprint density at radius 3 is 2.42 bits per heavy atom. The van der Waals surface area contributed by atoms with Gasteiger partial charge in [0.2, 0.25) is 0 Å². The van der Waals surface area contributed by atoms with Crippen LogP contribution in [0.1, 0.15) is 46.0 Å². The molecule has 0 fully saturated rings. The first kappa shape index (κ1) is 17.9. The number of methoxy groups -OCH3 is 1. The average molecular weight is 274 g/mol. The Hall–Kier alpha value is -1.10. The van der Waals surface area contributed by atoms with Crippen LogP contribution in [0.15, 0.2) is 0 Å². The van der Waals surface area contributed by atoms with Crippen molar-refractivity contribution in [3.05, 3.63) is 0 Å². The molecule has 0 aromatic heterocycles. The van der Waals surface area contributed by atoms with Crippen molar-refractivity contribution in [1.82, 2.24) is 0 Å². The molecule has 19 heavy (non-hydrogen) atoms. The number of rotatable bonds is 11. The topological polar surface area (TPSA) is 61.8 Å². The van der Waals surface area contributed by atoms with E-state index >= 15 is 0 Å². The summed E-state index contributed by atoms with van der Waals surface area (Å²) in [5.74, 6) is -0.454. The molecule has 0 heterocycles. The largest absolute Gasteiger partial charge is 0.469 e. The second-order valence-corrected chi connectivity index (χ2v) is 4.35. The summed E-state index contributed by atoms with van der Waals surface area (Å²) in [6.07, 6.45) is 4.04. The molecule has 0 saturated heterocycles. The van der Waals surface area contributed by atoms with Crippen LogP contribution in [0.25, 0.3) is 0 Å². The summed E-state index contributed by atoms with van der Waals surface area (Å²) < 4.78 is 14.8. The molecule has 0 radical (unpaired) electrons. The van der Waals surface area contributed by atoms with E-state index < -0.39 is 0 Å². The maximum Gasteiger partial charge on any atom is 0.308 e. The van der Waals surface area contributed by atoms with E-state index in [-0.39, 0.29) is 37.5 Å². The van der Waals surface area contributed by atoms with Crippen molar-refractivity contribution in [2.24, 2.45) is 5.92 Å². The highest BCUT2D eigenvalue weighted by atomic mass is 16.6. The lowest BCUT2D eigenvalue weighted by atomic mass is 10.00. The van der Waals surface area contributed by atoms with E-state index in [9.17, 15) is 9.59 Å². The van der Waals surface area contributed by atoms with Crippen molar-refractivity contribution in [2.45, 2.75) is 46.0 Å². The molecule has 0 bridgehead atoms. The maximum absolute atomic E-state index is 11.7. The number of carbonyl (C=O) groups excluding carboxylic acids is 2. The van der Waals surface area contributed by atoms with Gasteiger partial charge in [-0.3, -0.25) is 9.59 Å². The van der Waals surface area contributed by atoms with Gasteiger partial charge in [-0.2, -0.15) is 0 Å². The first-order valence-corrected chi connectivity index (χ1v) is 6.96. The van der Waals surface area contributed by atoms with E-state index in [1.165, 1.54) is 7.11 Å². The summed E-state index contributed by atoms with van der Waals surface area (Å²) in [7, 11) is 1.34. The Labute approximate surface area is 115 Å². The van der Waals surface area contributed by atoms with Crippen molar-refractivity contribution >= 4 is 11.9 Å². The van der Waals surface area contributed by atoms with Gasteiger partial charge in [0.05, 0.1) is 32.7 Å². The van der Waals surface area contributed by atoms with Gasteiger partial charge in [0, 0.05) is 0 Å². The molecule has 0 N–H and O–H groups in total. The molecule has 0 spiro atoms. The third-order valence-corrected chi connectivity index (χ3v) is 2.88. The Bertz CT molecular complexity index is 252. The summed E-state index contributed by atoms with van der Waals surface area (Å²) in [6, 6.07) is 0. The summed E-state index contributed by atoms with van der Waals surface area (Å²) in [5.41, 5.74) is 0. The van der Waals surface area contributed by atoms with Gasteiger partial charge in [0.1, 0.15) is 6.61 Å². The molecule has 112 valence electrons. The van der Waals surface area contributed by atoms with Crippen molar-refractivity contribution in [1.29, 1.82) is 0 Å². The molecule has 1 unspecified atom stereocenters. The Morgan fingerprint density at radius 1 is 1.11 bits per heavy atom. The van der Waals surface area contributed by atoms with Crippen LogP contribution in [-0.2, 0) is 23.8 Å². The fraction of sp³-hybridized carbons (Fsp3) is 0.857. The average Bonchev–Trinajstić information content (AvgIpc) is 2.43. The van der Waals surface area contributed by atoms with E-state index in [0.717, 1.165) is 25.7 Å². The van der Waals surface area contributed by atoms with Crippen LogP contribution in [0.4, 0.5) is 0 Å². The Kier molecular flexibility index (Phi) is 11.3. The normalized spacial score (nSPS) is 11.9. The molecule has 5 nitrogen and oxygen atoms in total. The molecule has 0 saturated carbocycles. The first-order valence-electron chi connectivity index (χ1n) is 6.96. The van der Waals surface area contributed by atoms with Crippen molar-refractivity contribution in [3.63, 3.8) is 0 Å². The molecular weight excluding hydrogens is 248 g/mol. The highest BCUT2D eigenvalue weighted by molar-refractivity contribution is 5.72. The summed E-state index contributed by atoms with van der Waals surface area (Å²) in [6.45, 7) is 4.94. The minimum absolute atomic E-state index is 0.00461. The van der Waals surface area contributed by atoms with Crippen LogP contribution in [0.3, 0.4) is 0 Å². The van der Waals surface area contributed by atoms with Gasteiger partial charge in [0.15, 0.2) is 0 Å². The molecule has 0 aliphatic rings. The quantitative estimate of drug-likeness (QED) is 0.427. The SMILES string of the molecule is CCCCC(CC)C(=O)OCCOCCC(=O)OC. The Morgan fingerprint density at radius 2 is 1.84 bits per heavy atom. The standard InChI is InChI=1S/C14H26O5/c1-4-6-7-12(5-2)14(16)19-11-10-18-9-8-13(15)17-3/h12H,4-11H2,1-3H3. The number of carbonyl (C=O) groups is 2. The first-order chi connectivity index (χ1) is 9.15. The van der Waals surface area contributed by atoms with Crippen LogP contribution < -0.4 is 0 Å². The monoisotopic (exact) mass is 274 g/mol. The lowest BCUT2D eigenvalue weighted by molar-refractivity contribution is -0.151. The second-order valence-electron chi connectivity index (χ2n) is 4.35. The zero-order chi connectivity index (χ0) is 14.5. The highest BCUT2D eigenvalue weighted by Crippen LogP contribution is 2.14. The fourth-order valence-electron chi connectivity index (χ4n) is 1.62. The van der Waals surface area contributed by atoms with Crippen LogP contribution in [0, 0.1) is 5.92 Å². The Balaban J connectivity index is 3.58. The van der Waals surface area contributed by atoms with Gasteiger partial charge in [-0.05, 0) is 12.8 Å². The smallest absolute Gasteiger partial charge is 0.308 e. The number of unbranched alkanes of at least 4 members (excludes halogenated alkanes) is 1. The molecule has 0 aromatic carbocycles. The maximum atomic E-state index is 11.7. The second kappa shape index (κ2) is 12.0.